The molecule has 0 aliphatic carbocycles. The van der Waals surface area contributed by atoms with Crippen LogP contribution in [-0.4, -0.2) is 27.5 Å². The second-order valence-corrected chi connectivity index (χ2v) is 5.32. The molecule has 1 amide bonds. The second kappa shape index (κ2) is 6.20. The number of anilines is 1. The van der Waals surface area contributed by atoms with Crippen molar-refractivity contribution in [1.29, 1.82) is 0 Å². The minimum atomic E-state index is -0.724. The molecule has 0 radical (unpaired) electrons. The number of amides is 1. The van der Waals surface area contributed by atoms with Gasteiger partial charge in [-0.1, -0.05) is 11.2 Å². The van der Waals surface area contributed by atoms with Gasteiger partial charge in [-0.3, -0.25) is 9.48 Å². The lowest BCUT2D eigenvalue weighted by atomic mass is 10.1. The van der Waals surface area contributed by atoms with Crippen LogP contribution >= 0.6 is 0 Å². The number of hydrogen-bond acceptors (Lipinski definition) is 4. The molecule has 1 aromatic carbocycles. The van der Waals surface area contributed by atoms with Gasteiger partial charge in [-0.25, -0.2) is 4.39 Å². The van der Waals surface area contributed by atoms with Gasteiger partial charge in [0.2, 0.25) is 6.10 Å². The number of nitrogens with zero attached hydrogens (tertiary/aromatic N) is 3. The first-order chi connectivity index (χ1) is 11.1. The Morgan fingerprint density at radius 3 is 3.04 bits per heavy atom. The average Bonchev–Trinajstić information content (AvgIpc) is 3.13. The zero-order valence-corrected chi connectivity index (χ0v) is 12.9. The molecule has 0 bridgehead atoms. The Kier molecular flexibility index (Phi) is 4.10. The lowest BCUT2D eigenvalue weighted by molar-refractivity contribution is -0.125. The number of carbonyl (C=O) groups excluding carboxylic acids is 1. The number of halogens is 1. The van der Waals surface area contributed by atoms with Gasteiger partial charge in [0, 0.05) is 30.4 Å². The minimum Gasteiger partial charge on any atom is -0.382 e. The molecule has 120 valence electrons. The fraction of sp³-hybridized carbons (Fsp3) is 0.312. The molecule has 1 aliphatic heterocycles. The molecule has 1 atom stereocenters. The summed E-state index contributed by atoms with van der Waals surface area (Å²) in [4.78, 5) is 17.4. The lowest BCUT2D eigenvalue weighted by Crippen LogP contribution is -2.28. The van der Waals surface area contributed by atoms with Gasteiger partial charge in [-0.05, 0) is 32.0 Å². The molecule has 7 heteroatoms. The zero-order valence-electron chi connectivity index (χ0n) is 12.9. The first-order valence-corrected chi connectivity index (χ1v) is 7.40. The van der Waals surface area contributed by atoms with Crippen molar-refractivity contribution >= 4 is 17.3 Å². The van der Waals surface area contributed by atoms with Crippen molar-refractivity contribution in [3.63, 3.8) is 0 Å². The Bertz CT molecular complexity index is 769. The summed E-state index contributed by atoms with van der Waals surface area (Å²) in [6, 6.07) is 5.72. The Morgan fingerprint density at radius 2 is 2.35 bits per heavy atom. The Hall–Kier alpha value is -2.70. The number of aryl methyl sites for hydroxylation is 2. The van der Waals surface area contributed by atoms with Crippen molar-refractivity contribution in [2.45, 2.75) is 32.9 Å². The largest absolute Gasteiger partial charge is 0.382 e. The van der Waals surface area contributed by atoms with Crippen LogP contribution in [0.15, 0.2) is 35.6 Å². The number of hydrogen-bond donors (Lipinski definition) is 1. The summed E-state index contributed by atoms with van der Waals surface area (Å²) in [7, 11) is 0. The molecule has 0 saturated heterocycles. The van der Waals surface area contributed by atoms with Crippen LogP contribution in [0.1, 0.15) is 24.6 Å². The van der Waals surface area contributed by atoms with Crippen LogP contribution in [0.3, 0.4) is 0 Å². The molecule has 2 heterocycles. The van der Waals surface area contributed by atoms with E-state index in [1.54, 1.807) is 6.07 Å². The molecule has 1 aromatic heterocycles. The molecule has 1 unspecified atom stereocenters. The van der Waals surface area contributed by atoms with Gasteiger partial charge in [0.05, 0.1) is 11.4 Å². The maximum atomic E-state index is 13.1. The molecule has 0 fully saturated rings. The van der Waals surface area contributed by atoms with E-state index in [1.807, 2.05) is 24.7 Å². The quantitative estimate of drug-likeness (QED) is 0.942. The highest BCUT2D eigenvalue weighted by Crippen LogP contribution is 2.20. The van der Waals surface area contributed by atoms with E-state index in [-0.39, 0.29) is 5.91 Å². The van der Waals surface area contributed by atoms with Crippen LogP contribution in [0.25, 0.3) is 0 Å². The van der Waals surface area contributed by atoms with E-state index < -0.39 is 11.9 Å². The summed E-state index contributed by atoms with van der Waals surface area (Å²) in [6.07, 6.45) is 1.53. The first kappa shape index (κ1) is 15.2. The maximum Gasteiger partial charge on any atom is 0.268 e. The third kappa shape index (κ3) is 3.23. The van der Waals surface area contributed by atoms with Gasteiger partial charge in [-0.15, -0.1) is 0 Å². The molecule has 2 aromatic rings. The van der Waals surface area contributed by atoms with Crippen molar-refractivity contribution in [1.82, 2.24) is 9.78 Å². The average molecular weight is 316 g/mol. The number of rotatable bonds is 4. The maximum absolute atomic E-state index is 13.1. The van der Waals surface area contributed by atoms with Crippen molar-refractivity contribution in [3.05, 3.63) is 47.5 Å². The standard InChI is InChI=1S/C16H17FN4O2/c1-3-21-9-13(10(2)19-21)14-8-15(23-20-14)16(22)18-12-6-4-5-11(17)7-12/h4-7,9,15H,3,8H2,1-2H3,(H,18,22). The van der Waals surface area contributed by atoms with Crippen LogP contribution in [0.4, 0.5) is 10.1 Å². The van der Waals surface area contributed by atoms with E-state index in [4.69, 9.17) is 4.84 Å². The number of nitrogens with one attached hydrogen (secondary N) is 1. The number of benzene rings is 1. The highest BCUT2D eigenvalue weighted by molar-refractivity contribution is 6.06. The van der Waals surface area contributed by atoms with E-state index >= 15 is 0 Å². The molecule has 0 saturated carbocycles. The number of aromatic nitrogens is 2. The number of carbonyl (C=O) groups is 1. The smallest absolute Gasteiger partial charge is 0.268 e. The summed E-state index contributed by atoms with van der Waals surface area (Å²) in [5.74, 6) is -0.760. The lowest BCUT2D eigenvalue weighted by Gasteiger charge is -2.09. The SMILES string of the molecule is CCn1cc(C2=NOC(C(=O)Nc3cccc(F)c3)C2)c(C)n1. The van der Waals surface area contributed by atoms with E-state index in [0.29, 0.717) is 17.8 Å². The molecule has 6 nitrogen and oxygen atoms in total. The van der Waals surface area contributed by atoms with Gasteiger partial charge >= 0.3 is 0 Å². The van der Waals surface area contributed by atoms with Crippen LogP contribution in [-0.2, 0) is 16.2 Å². The van der Waals surface area contributed by atoms with Gasteiger partial charge < -0.3 is 10.2 Å². The van der Waals surface area contributed by atoms with Crippen molar-refractivity contribution in [2.75, 3.05) is 5.32 Å². The normalized spacial score (nSPS) is 16.8. The summed E-state index contributed by atoms with van der Waals surface area (Å²) in [5.41, 5.74) is 2.82. The van der Waals surface area contributed by atoms with Crippen LogP contribution in [0.2, 0.25) is 0 Å². The zero-order chi connectivity index (χ0) is 16.4. The molecular formula is C16H17FN4O2. The Morgan fingerprint density at radius 1 is 1.52 bits per heavy atom. The van der Waals surface area contributed by atoms with E-state index in [2.05, 4.69) is 15.6 Å². The van der Waals surface area contributed by atoms with E-state index in [1.165, 1.54) is 18.2 Å². The van der Waals surface area contributed by atoms with E-state index in [9.17, 15) is 9.18 Å². The van der Waals surface area contributed by atoms with E-state index in [0.717, 1.165) is 17.8 Å². The number of oxime groups is 1. The molecule has 0 spiro atoms. The first-order valence-electron chi connectivity index (χ1n) is 7.40. The summed E-state index contributed by atoms with van der Waals surface area (Å²) >= 11 is 0. The molecule has 3 rings (SSSR count). The predicted octanol–water partition coefficient (Wildman–Crippen LogP) is 2.48. The second-order valence-electron chi connectivity index (χ2n) is 5.32. The highest BCUT2D eigenvalue weighted by atomic mass is 19.1. The predicted molar refractivity (Wildman–Crippen MR) is 83.7 cm³/mol. The molecule has 1 aliphatic rings. The molecular weight excluding hydrogens is 299 g/mol. The summed E-state index contributed by atoms with van der Waals surface area (Å²) in [5, 5.41) is 11.0. The van der Waals surface area contributed by atoms with Crippen LogP contribution < -0.4 is 5.32 Å². The van der Waals surface area contributed by atoms with Crippen molar-refractivity contribution in [3.8, 4) is 0 Å². The summed E-state index contributed by atoms with van der Waals surface area (Å²) in [6.45, 7) is 4.65. The summed E-state index contributed by atoms with van der Waals surface area (Å²) < 4.78 is 15.0. The monoisotopic (exact) mass is 316 g/mol. The fourth-order valence-corrected chi connectivity index (χ4v) is 2.43. The van der Waals surface area contributed by atoms with Gasteiger partial charge in [0.25, 0.3) is 5.91 Å². The fourth-order valence-electron chi connectivity index (χ4n) is 2.43. The van der Waals surface area contributed by atoms with Crippen LogP contribution in [0, 0.1) is 12.7 Å². The van der Waals surface area contributed by atoms with Crippen molar-refractivity contribution < 1.29 is 14.0 Å². The molecule has 1 N–H and O–H groups in total. The van der Waals surface area contributed by atoms with Gasteiger partial charge in [0.1, 0.15) is 5.82 Å². The Balaban J connectivity index is 1.66. The van der Waals surface area contributed by atoms with Crippen molar-refractivity contribution in [2.24, 2.45) is 5.16 Å². The molecule has 23 heavy (non-hydrogen) atoms. The third-order valence-electron chi connectivity index (χ3n) is 3.63. The highest BCUT2D eigenvalue weighted by Gasteiger charge is 2.30. The van der Waals surface area contributed by atoms with Gasteiger partial charge in [-0.2, -0.15) is 5.10 Å². The Labute approximate surface area is 132 Å². The van der Waals surface area contributed by atoms with Gasteiger partial charge in [0.15, 0.2) is 0 Å². The third-order valence-corrected chi connectivity index (χ3v) is 3.63. The topological polar surface area (TPSA) is 68.5 Å². The van der Waals surface area contributed by atoms with Crippen LogP contribution in [0.5, 0.6) is 0 Å². The minimum absolute atomic E-state index is 0.352.